The Kier molecular flexibility index (Phi) is 3.59. The van der Waals surface area contributed by atoms with Gasteiger partial charge in [0, 0.05) is 12.1 Å². The maximum atomic E-state index is 13.2. The molecule has 0 fully saturated rings. The van der Waals surface area contributed by atoms with E-state index in [1.54, 1.807) is 24.3 Å². The highest BCUT2D eigenvalue weighted by Crippen LogP contribution is 2.13. The molecule has 1 heterocycles. The van der Waals surface area contributed by atoms with Gasteiger partial charge in [-0.3, -0.25) is 0 Å². The Balaban J connectivity index is 1.87. The molecule has 1 aromatic carbocycles. The molecule has 0 aliphatic carbocycles. The van der Waals surface area contributed by atoms with Crippen LogP contribution in [0, 0.1) is 5.82 Å². The van der Waals surface area contributed by atoms with Crippen molar-refractivity contribution in [3.63, 3.8) is 0 Å². The SMILES string of the molecule is Fc1ccccc1CNCc1ccc(Cl)o1. The molecular formula is C12H11ClFNO. The summed E-state index contributed by atoms with van der Waals surface area (Å²) in [7, 11) is 0. The van der Waals surface area contributed by atoms with E-state index in [1.807, 2.05) is 6.07 Å². The van der Waals surface area contributed by atoms with Gasteiger partial charge in [0.25, 0.3) is 0 Å². The van der Waals surface area contributed by atoms with Crippen molar-refractivity contribution in [3.8, 4) is 0 Å². The van der Waals surface area contributed by atoms with Crippen LogP contribution in [0.2, 0.25) is 5.22 Å². The molecule has 0 aliphatic rings. The van der Waals surface area contributed by atoms with E-state index in [1.165, 1.54) is 6.07 Å². The summed E-state index contributed by atoms with van der Waals surface area (Å²) >= 11 is 5.63. The molecule has 0 aliphatic heterocycles. The second kappa shape index (κ2) is 5.14. The average Bonchev–Trinajstić information content (AvgIpc) is 2.67. The van der Waals surface area contributed by atoms with Gasteiger partial charge in [0.1, 0.15) is 11.6 Å². The van der Waals surface area contributed by atoms with Crippen molar-refractivity contribution in [1.82, 2.24) is 5.32 Å². The topological polar surface area (TPSA) is 25.2 Å². The normalized spacial score (nSPS) is 10.6. The summed E-state index contributed by atoms with van der Waals surface area (Å²) in [6, 6.07) is 10.1. The highest BCUT2D eigenvalue weighted by Gasteiger charge is 2.02. The Morgan fingerprint density at radius 2 is 1.94 bits per heavy atom. The molecule has 0 saturated heterocycles. The molecule has 84 valence electrons. The van der Waals surface area contributed by atoms with Crippen molar-refractivity contribution in [3.05, 3.63) is 58.8 Å². The quantitative estimate of drug-likeness (QED) is 0.885. The Labute approximate surface area is 98.0 Å². The summed E-state index contributed by atoms with van der Waals surface area (Å²) in [5.74, 6) is 0.536. The monoisotopic (exact) mass is 239 g/mol. The predicted octanol–water partition coefficient (Wildman–Crippen LogP) is 3.36. The van der Waals surface area contributed by atoms with Gasteiger partial charge in [0.15, 0.2) is 5.22 Å². The van der Waals surface area contributed by atoms with E-state index in [9.17, 15) is 4.39 Å². The van der Waals surface area contributed by atoms with E-state index in [0.717, 1.165) is 5.76 Å². The number of furan rings is 1. The summed E-state index contributed by atoms with van der Waals surface area (Å²) < 4.78 is 18.4. The number of benzene rings is 1. The number of nitrogens with one attached hydrogen (secondary N) is 1. The van der Waals surface area contributed by atoms with Gasteiger partial charge in [0.05, 0.1) is 6.54 Å². The number of halogens is 2. The molecule has 0 unspecified atom stereocenters. The lowest BCUT2D eigenvalue weighted by atomic mass is 10.2. The van der Waals surface area contributed by atoms with E-state index < -0.39 is 0 Å². The van der Waals surface area contributed by atoms with Gasteiger partial charge in [-0.15, -0.1) is 0 Å². The molecule has 0 atom stereocenters. The Hall–Kier alpha value is -1.32. The van der Waals surface area contributed by atoms with Crippen LogP contribution in [0.25, 0.3) is 0 Å². The fraction of sp³-hybridized carbons (Fsp3) is 0.167. The number of rotatable bonds is 4. The molecule has 0 spiro atoms. The minimum Gasteiger partial charge on any atom is -0.448 e. The Bertz CT molecular complexity index is 470. The van der Waals surface area contributed by atoms with E-state index in [2.05, 4.69) is 5.32 Å². The predicted molar refractivity (Wildman–Crippen MR) is 60.7 cm³/mol. The van der Waals surface area contributed by atoms with Crippen molar-refractivity contribution >= 4 is 11.6 Å². The molecule has 1 N–H and O–H groups in total. The van der Waals surface area contributed by atoms with Gasteiger partial charge in [-0.25, -0.2) is 4.39 Å². The lowest BCUT2D eigenvalue weighted by molar-refractivity contribution is 0.481. The zero-order valence-electron chi connectivity index (χ0n) is 8.54. The summed E-state index contributed by atoms with van der Waals surface area (Å²) in [5.41, 5.74) is 0.639. The molecule has 1 aromatic heterocycles. The van der Waals surface area contributed by atoms with Gasteiger partial charge < -0.3 is 9.73 Å². The molecule has 2 rings (SSSR count). The van der Waals surface area contributed by atoms with Crippen molar-refractivity contribution in [2.75, 3.05) is 0 Å². The Morgan fingerprint density at radius 1 is 1.12 bits per heavy atom. The first kappa shape index (κ1) is 11.2. The fourth-order valence-electron chi connectivity index (χ4n) is 1.41. The Morgan fingerprint density at radius 3 is 2.62 bits per heavy atom. The molecule has 4 heteroatoms. The van der Waals surface area contributed by atoms with Crippen molar-refractivity contribution < 1.29 is 8.81 Å². The number of hydrogen-bond donors (Lipinski definition) is 1. The van der Waals surface area contributed by atoms with Crippen molar-refractivity contribution in [1.29, 1.82) is 0 Å². The molecular weight excluding hydrogens is 229 g/mol. The van der Waals surface area contributed by atoms with Crippen LogP contribution in [-0.4, -0.2) is 0 Å². The molecule has 2 nitrogen and oxygen atoms in total. The molecule has 0 radical (unpaired) electrons. The molecule has 0 bridgehead atoms. The van der Waals surface area contributed by atoms with Crippen molar-refractivity contribution in [2.24, 2.45) is 0 Å². The fourth-order valence-corrected chi connectivity index (χ4v) is 1.57. The zero-order chi connectivity index (χ0) is 11.4. The molecule has 2 aromatic rings. The standard InChI is InChI=1S/C12H11ClFNO/c13-12-6-5-10(16-12)8-15-7-9-3-1-2-4-11(9)14/h1-6,15H,7-8H2. The third-order valence-electron chi connectivity index (χ3n) is 2.20. The number of hydrogen-bond acceptors (Lipinski definition) is 2. The minimum absolute atomic E-state index is 0.201. The first-order chi connectivity index (χ1) is 7.75. The van der Waals surface area contributed by atoms with Crippen LogP contribution < -0.4 is 5.32 Å². The van der Waals surface area contributed by atoms with Crippen molar-refractivity contribution in [2.45, 2.75) is 13.1 Å². The third kappa shape index (κ3) is 2.84. The minimum atomic E-state index is -0.201. The van der Waals surface area contributed by atoms with Gasteiger partial charge in [0.2, 0.25) is 0 Å². The third-order valence-corrected chi connectivity index (χ3v) is 2.40. The van der Waals surface area contributed by atoms with E-state index in [-0.39, 0.29) is 5.82 Å². The summed E-state index contributed by atoms with van der Waals surface area (Å²) in [6.45, 7) is 0.992. The highest BCUT2D eigenvalue weighted by molar-refractivity contribution is 6.28. The smallest absolute Gasteiger partial charge is 0.193 e. The second-order valence-electron chi connectivity index (χ2n) is 3.40. The van der Waals surface area contributed by atoms with Gasteiger partial charge >= 0.3 is 0 Å². The molecule has 0 saturated carbocycles. The van der Waals surface area contributed by atoms with E-state index in [4.69, 9.17) is 16.0 Å². The largest absolute Gasteiger partial charge is 0.448 e. The average molecular weight is 240 g/mol. The summed E-state index contributed by atoms with van der Waals surface area (Å²) in [5, 5.41) is 3.44. The first-order valence-electron chi connectivity index (χ1n) is 4.94. The van der Waals surface area contributed by atoms with Crippen LogP contribution in [-0.2, 0) is 13.1 Å². The zero-order valence-corrected chi connectivity index (χ0v) is 9.30. The van der Waals surface area contributed by atoms with E-state index >= 15 is 0 Å². The van der Waals surface area contributed by atoms with Crippen LogP contribution >= 0.6 is 11.6 Å². The van der Waals surface area contributed by atoms with Crippen LogP contribution in [0.5, 0.6) is 0 Å². The molecule has 0 amide bonds. The van der Waals surface area contributed by atoms with Crippen LogP contribution in [0.15, 0.2) is 40.8 Å². The lowest BCUT2D eigenvalue weighted by Gasteiger charge is -2.03. The van der Waals surface area contributed by atoms with Gasteiger partial charge in [-0.1, -0.05) is 18.2 Å². The summed E-state index contributed by atoms with van der Waals surface area (Å²) in [6.07, 6.45) is 0. The first-order valence-corrected chi connectivity index (χ1v) is 5.32. The van der Waals surface area contributed by atoms with Crippen LogP contribution in [0.3, 0.4) is 0 Å². The van der Waals surface area contributed by atoms with Gasteiger partial charge in [-0.05, 0) is 29.8 Å². The maximum Gasteiger partial charge on any atom is 0.193 e. The summed E-state index contributed by atoms with van der Waals surface area (Å²) in [4.78, 5) is 0. The second-order valence-corrected chi connectivity index (χ2v) is 3.77. The van der Waals surface area contributed by atoms with Gasteiger partial charge in [-0.2, -0.15) is 0 Å². The van der Waals surface area contributed by atoms with Crippen LogP contribution in [0.4, 0.5) is 4.39 Å². The van der Waals surface area contributed by atoms with Crippen LogP contribution in [0.1, 0.15) is 11.3 Å². The van der Waals surface area contributed by atoms with E-state index in [0.29, 0.717) is 23.9 Å². The highest BCUT2D eigenvalue weighted by atomic mass is 35.5. The molecule has 16 heavy (non-hydrogen) atoms. The maximum absolute atomic E-state index is 13.2. The lowest BCUT2D eigenvalue weighted by Crippen LogP contribution is -2.13.